The number of carbonyl (C=O) groups is 1. The van der Waals surface area contributed by atoms with Crippen LogP contribution in [0.5, 0.6) is 11.5 Å². The molecule has 2 rings (SSSR count). The molecule has 0 atom stereocenters. The fourth-order valence-corrected chi connectivity index (χ4v) is 2.30. The molecule has 2 N–H and O–H groups in total. The van der Waals surface area contributed by atoms with Crippen LogP contribution in [0.15, 0.2) is 42.5 Å². The molecule has 0 unspecified atom stereocenters. The van der Waals surface area contributed by atoms with Crippen molar-refractivity contribution in [3.8, 4) is 11.5 Å². The van der Waals surface area contributed by atoms with E-state index in [1.807, 2.05) is 36.4 Å². The highest BCUT2D eigenvalue weighted by Gasteiger charge is 2.06. The first-order valence-corrected chi connectivity index (χ1v) is 8.01. The van der Waals surface area contributed by atoms with Crippen LogP contribution in [0.25, 0.3) is 0 Å². The van der Waals surface area contributed by atoms with Crippen LogP contribution in [0.2, 0.25) is 0 Å². The highest BCUT2D eigenvalue weighted by atomic mass is 16.5. The molecule has 128 valence electrons. The third kappa shape index (κ3) is 4.91. The van der Waals surface area contributed by atoms with Gasteiger partial charge in [0.2, 0.25) is 5.91 Å². The van der Waals surface area contributed by atoms with Crippen LogP contribution in [0.4, 0.5) is 11.4 Å². The van der Waals surface area contributed by atoms with Crippen LogP contribution < -0.4 is 20.1 Å². The average molecular weight is 328 g/mol. The van der Waals surface area contributed by atoms with Gasteiger partial charge in [-0.05, 0) is 36.2 Å². The number of ether oxygens (including phenoxy) is 2. The lowest BCUT2D eigenvalue weighted by molar-refractivity contribution is -0.115. The Kier molecular flexibility index (Phi) is 6.49. The molecule has 0 fully saturated rings. The number of amides is 1. The van der Waals surface area contributed by atoms with E-state index in [1.54, 1.807) is 20.3 Å². The van der Waals surface area contributed by atoms with E-state index < -0.39 is 0 Å². The zero-order valence-electron chi connectivity index (χ0n) is 14.4. The Bertz CT molecular complexity index is 669. The number of hydrogen-bond donors (Lipinski definition) is 2. The molecule has 0 saturated heterocycles. The lowest BCUT2D eigenvalue weighted by Gasteiger charge is -2.12. The zero-order chi connectivity index (χ0) is 17.4. The van der Waals surface area contributed by atoms with Gasteiger partial charge in [0.15, 0.2) is 0 Å². The predicted octanol–water partition coefficient (Wildman–Crippen LogP) is 3.71. The first-order chi connectivity index (χ1) is 11.7. The molecule has 1 amide bonds. The molecule has 0 bridgehead atoms. The van der Waals surface area contributed by atoms with Gasteiger partial charge >= 0.3 is 0 Å². The number of rotatable bonds is 8. The van der Waals surface area contributed by atoms with Gasteiger partial charge in [0.25, 0.3) is 0 Å². The maximum absolute atomic E-state index is 12.0. The van der Waals surface area contributed by atoms with E-state index in [4.69, 9.17) is 9.47 Å². The quantitative estimate of drug-likeness (QED) is 0.775. The summed E-state index contributed by atoms with van der Waals surface area (Å²) in [5, 5.41) is 6.11. The first-order valence-electron chi connectivity index (χ1n) is 8.01. The van der Waals surface area contributed by atoms with Gasteiger partial charge in [-0.15, -0.1) is 0 Å². The fourth-order valence-electron chi connectivity index (χ4n) is 2.30. The van der Waals surface area contributed by atoms with Crippen LogP contribution in [0.1, 0.15) is 18.9 Å². The van der Waals surface area contributed by atoms with Gasteiger partial charge in [-0.2, -0.15) is 0 Å². The minimum atomic E-state index is -0.0285. The van der Waals surface area contributed by atoms with E-state index in [-0.39, 0.29) is 5.91 Å². The zero-order valence-corrected chi connectivity index (χ0v) is 14.4. The highest BCUT2D eigenvalue weighted by Crippen LogP contribution is 2.28. The smallest absolute Gasteiger partial charge is 0.226 e. The van der Waals surface area contributed by atoms with Crippen molar-refractivity contribution in [3.63, 3.8) is 0 Å². The molecule has 0 spiro atoms. The number of carbonyl (C=O) groups excluding carboxylic acids is 1. The lowest BCUT2D eigenvalue weighted by Crippen LogP contribution is -2.16. The van der Waals surface area contributed by atoms with Crippen LogP contribution in [-0.2, 0) is 11.2 Å². The Hall–Kier alpha value is -2.69. The van der Waals surface area contributed by atoms with Crippen molar-refractivity contribution < 1.29 is 14.3 Å². The molecule has 2 aromatic carbocycles. The van der Waals surface area contributed by atoms with Crippen molar-refractivity contribution in [2.24, 2.45) is 0 Å². The molecule has 0 aromatic heterocycles. The van der Waals surface area contributed by atoms with Gasteiger partial charge in [0, 0.05) is 24.7 Å². The Morgan fingerprint density at radius 3 is 2.42 bits per heavy atom. The summed E-state index contributed by atoms with van der Waals surface area (Å²) in [6.45, 7) is 2.62. The summed E-state index contributed by atoms with van der Waals surface area (Å²) in [4.78, 5) is 12.0. The highest BCUT2D eigenvalue weighted by molar-refractivity contribution is 5.91. The van der Waals surface area contributed by atoms with E-state index in [2.05, 4.69) is 17.6 Å². The maximum atomic E-state index is 12.0. The van der Waals surface area contributed by atoms with E-state index in [0.717, 1.165) is 23.5 Å². The minimum absolute atomic E-state index is 0.0285. The normalized spacial score (nSPS) is 10.1. The van der Waals surface area contributed by atoms with Crippen LogP contribution in [-0.4, -0.2) is 26.7 Å². The van der Waals surface area contributed by atoms with Gasteiger partial charge in [-0.3, -0.25) is 4.79 Å². The van der Waals surface area contributed by atoms with Crippen molar-refractivity contribution in [2.45, 2.75) is 19.8 Å². The summed E-state index contributed by atoms with van der Waals surface area (Å²) in [5.41, 5.74) is 2.90. The summed E-state index contributed by atoms with van der Waals surface area (Å²) < 4.78 is 10.5. The van der Waals surface area contributed by atoms with Crippen LogP contribution >= 0.6 is 0 Å². The molecular weight excluding hydrogens is 304 g/mol. The van der Waals surface area contributed by atoms with Crippen molar-refractivity contribution in [1.82, 2.24) is 0 Å². The SMILES string of the molecule is CCc1ccc(NC(=O)CCNc2ccc(OC)cc2OC)cc1. The molecule has 0 aliphatic rings. The summed E-state index contributed by atoms with van der Waals surface area (Å²) in [6, 6.07) is 13.4. The fraction of sp³-hybridized carbons (Fsp3) is 0.316. The van der Waals surface area contributed by atoms with Gasteiger partial charge in [-0.25, -0.2) is 0 Å². The van der Waals surface area contributed by atoms with Gasteiger partial charge in [0.05, 0.1) is 19.9 Å². The van der Waals surface area contributed by atoms with Crippen molar-refractivity contribution in [1.29, 1.82) is 0 Å². The van der Waals surface area contributed by atoms with E-state index >= 15 is 0 Å². The molecule has 0 saturated carbocycles. The number of nitrogens with one attached hydrogen (secondary N) is 2. The Labute approximate surface area is 143 Å². The molecule has 0 heterocycles. The first kappa shape index (κ1) is 17.7. The summed E-state index contributed by atoms with van der Waals surface area (Å²) >= 11 is 0. The minimum Gasteiger partial charge on any atom is -0.497 e. The van der Waals surface area contributed by atoms with Gasteiger partial charge in [-0.1, -0.05) is 19.1 Å². The van der Waals surface area contributed by atoms with Gasteiger partial charge in [0.1, 0.15) is 11.5 Å². The molecule has 0 aliphatic carbocycles. The molecular formula is C19H24N2O3. The average Bonchev–Trinajstić information content (AvgIpc) is 2.62. The Balaban J connectivity index is 1.83. The third-order valence-electron chi connectivity index (χ3n) is 3.72. The van der Waals surface area contributed by atoms with E-state index in [0.29, 0.717) is 18.7 Å². The molecule has 0 aliphatic heterocycles. The van der Waals surface area contributed by atoms with Gasteiger partial charge < -0.3 is 20.1 Å². The van der Waals surface area contributed by atoms with Crippen molar-refractivity contribution >= 4 is 17.3 Å². The molecule has 24 heavy (non-hydrogen) atoms. The molecule has 5 heteroatoms. The summed E-state index contributed by atoms with van der Waals surface area (Å²) in [5.74, 6) is 1.38. The standard InChI is InChI=1S/C19H24N2O3/c1-4-14-5-7-15(8-6-14)21-19(22)11-12-20-17-10-9-16(23-2)13-18(17)24-3/h5-10,13,20H,4,11-12H2,1-3H3,(H,21,22). The predicted molar refractivity (Wildman–Crippen MR) is 97.1 cm³/mol. The van der Waals surface area contributed by atoms with Crippen molar-refractivity contribution in [3.05, 3.63) is 48.0 Å². The molecule has 5 nitrogen and oxygen atoms in total. The number of aryl methyl sites for hydroxylation is 1. The maximum Gasteiger partial charge on any atom is 0.226 e. The third-order valence-corrected chi connectivity index (χ3v) is 3.72. The second-order valence-electron chi connectivity index (χ2n) is 5.34. The van der Waals surface area contributed by atoms with Crippen molar-refractivity contribution in [2.75, 3.05) is 31.4 Å². The number of benzene rings is 2. The molecule has 0 radical (unpaired) electrons. The monoisotopic (exact) mass is 328 g/mol. The number of hydrogen-bond acceptors (Lipinski definition) is 4. The second-order valence-corrected chi connectivity index (χ2v) is 5.34. The topological polar surface area (TPSA) is 59.6 Å². The van der Waals surface area contributed by atoms with E-state index in [9.17, 15) is 4.79 Å². The van der Waals surface area contributed by atoms with E-state index in [1.165, 1.54) is 5.56 Å². The number of methoxy groups -OCH3 is 2. The Morgan fingerprint density at radius 1 is 1.04 bits per heavy atom. The largest absolute Gasteiger partial charge is 0.497 e. The molecule has 2 aromatic rings. The van der Waals surface area contributed by atoms with Crippen LogP contribution in [0.3, 0.4) is 0 Å². The summed E-state index contributed by atoms with van der Waals surface area (Å²) in [7, 11) is 3.21. The lowest BCUT2D eigenvalue weighted by atomic mass is 10.1. The number of anilines is 2. The Morgan fingerprint density at radius 2 is 1.79 bits per heavy atom. The second kappa shape index (κ2) is 8.82. The van der Waals surface area contributed by atoms with Crippen LogP contribution in [0, 0.1) is 0 Å². The summed E-state index contributed by atoms with van der Waals surface area (Å²) in [6.07, 6.45) is 1.35.